The molecule has 0 saturated carbocycles. The first kappa shape index (κ1) is 41.8. The molecule has 48 heavy (non-hydrogen) atoms. The Morgan fingerprint density at radius 1 is 0.917 bits per heavy atom. The van der Waals surface area contributed by atoms with E-state index in [0.717, 1.165) is 68.9 Å². The Bertz CT molecular complexity index is 1060. The van der Waals surface area contributed by atoms with Gasteiger partial charge in [0.15, 0.2) is 12.0 Å². The van der Waals surface area contributed by atoms with Gasteiger partial charge < -0.3 is 45.7 Å². The van der Waals surface area contributed by atoms with Crippen LogP contribution >= 0.6 is 11.8 Å². The number of nitrogens with two attached hydrogens (primary N) is 1. The Morgan fingerprint density at radius 3 is 2.15 bits per heavy atom. The number of hydrogen-bond donors (Lipinski definition) is 6. The quantitative estimate of drug-likeness (QED) is 0.0634. The van der Waals surface area contributed by atoms with Gasteiger partial charge in [-0.1, -0.05) is 83.3 Å². The fourth-order valence-corrected chi connectivity index (χ4v) is 6.07. The van der Waals surface area contributed by atoms with Crippen LogP contribution in [0.25, 0.3) is 0 Å². The van der Waals surface area contributed by atoms with Gasteiger partial charge in [0.1, 0.15) is 37.1 Å². The third kappa shape index (κ3) is 15.5. The predicted molar refractivity (Wildman–Crippen MR) is 180 cm³/mol. The number of thioether (sulfide) groups is 1. The molecule has 4 unspecified atom stereocenters. The van der Waals surface area contributed by atoms with Crippen molar-refractivity contribution in [3.8, 4) is 0 Å². The summed E-state index contributed by atoms with van der Waals surface area (Å²) in [5.41, 5.74) is 6.10. The third-order valence-corrected chi connectivity index (χ3v) is 9.23. The van der Waals surface area contributed by atoms with Crippen molar-refractivity contribution >= 4 is 35.4 Å². The molecule has 1 amide bonds. The Kier molecular flexibility index (Phi) is 20.8. The maximum atomic E-state index is 12.8. The molecule has 2 heterocycles. The number of rotatable bonds is 25. The van der Waals surface area contributed by atoms with E-state index in [4.69, 9.17) is 19.9 Å². The lowest BCUT2D eigenvalue weighted by Crippen LogP contribution is -2.56. The van der Waals surface area contributed by atoms with Gasteiger partial charge in [0.25, 0.3) is 0 Å². The van der Waals surface area contributed by atoms with Crippen molar-refractivity contribution in [1.82, 2.24) is 15.0 Å². The number of aliphatic hydroxyl groups excluding tert-OH is 4. The molecule has 1 saturated heterocycles. The monoisotopic (exact) mass is 703 g/mol. The number of unbranched alkanes of at least 4 members (excludes halogenated alkanes) is 10. The summed E-state index contributed by atoms with van der Waals surface area (Å²) in [5.74, 6) is -0.848. The van der Waals surface area contributed by atoms with Gasteiger partial charge in [-0.15, -0.1) is 5.10 Å². The molecule has 1 aromatic heterocycles. The van der Waals surface area contributed by atoms with E-state index in [1.165, 1.54) is 30.8 Å². The first-order valence-corrected chi connectivity index (χ1v) is 18.5. The molecule has 0 aromatic carbocycles. The third-order valence-electron chi connectivity index (χ3n) is 8.02. The van der Waals surface area contributed by atoms with Crippen molar-refractivity contribution in [2.24, 2.45) is 5.73 Å². The van der Waals surface area contributed by atoms with Gasteiger partial charge in [-0.3, -0.25) is 14.4 Å². The number of aliphatic hydroxyl groups is 4. The molecule has 1 fully saturated rings. The van der Waals surface area contributed by atoms with Crippen molar-refractivity contribution in [1.29, 1.82) is 0 Å². The van der Waals surface area contributed by atoms with Gasteiger partial charge >= 0.3 is 11.9 Å². The highest BCUT2D eigenvalue weighted by Crippen LogP contribution is 2.28. The van der Waals surface area contributed by atoms with Crippen molar-refractivity contribution in [3.63, 3.8) is 0 Å². The first-order valence-electron chi connectivity index (χ1n) is 17.3. The number of hydrogen-bond acceptors (Lipinski definition) is 14. The average molecular weight is 704 g/mol. The lowest BCUT2D eigenvalue weighted by atomic mass is 9.98. The number of carbonyl (C=O) groups excluding carboxylic acids is 3. The van der Waals surface area contributed by atoms with Crippen LogP contribution in [0.15, 0.2) is 6.20 Å². The average Bonchev–Trinajstić information content (AvgIpc) is 3.53. The topological polar surface area (TPSA) is 229 Å². The van der Waals surface area contributed by atoms with Crippen molar-refractivity contribution in [3.05, 3.63) is 6.20 Å². The zero-order valence-electron chi connectivity index (χ0n) is 28.4. The number of aromatic nitrogens is 3. The molecule has 0 spiro atoms. The molecular weight excluding hydrogens is 646 g/mol. The van der Waals surface area contributed by atoms with Crippen molar-refractivity contribution in [2.75, 3.05) is 30.0 Å². The molecule has 0 bridgehead atoms. The molecule has 1 aliphatic rings. The summed E-state index contributed by atoms with van der Waals surface area (Å²) in [6.45, 7) is 3.62. The predicted octanol–water partition coefficient (Wildman–Crippen LogP) is 2.21. The van der Waals surface area contributed by atoms with Crippen LogP contribution in [0.3, 0.4) is 0 Å². The summed E-state index contributed by atoms with van der Waals surface area (Å²) in [4.78, 5) is 37.6. The number of nitrogens with zero attached hydrogens (tertiary/aromatic N) is 3. The van der Waals surface area contributed by atoms with E-state index < -0.39 is 55.3 Å². The highest BCUT2D eigenvalue weighted by Gasteiger charge is 2.44. The van der Waals surface area contributed by atoms with Crippen LogP contribution in [0.4, 0.5) is 5.82 Å². The van der Waals surface area contributed by atoms with Crippen molar-refractivity contribution < 1.29 is 49.0 Å². The number of carbonyl (C=O) groups is 3. The molecule has 0 radical (unpaired) electrons. The minimum Gasteiger partial charge on any atom is -0.462 e. The second kappa shape index (κ2) is 23.9. The van der Waals surface area contributed by atoms with Crippen LogP contribution in [-0.2, 0) is 28.6 Å². The first-order chi connectivity index (χ1) is 23.1. The Hall–Kier alpha value is -2.34. The van der Waals surface area contributed by atoms with E-state index in [1.807, 2.05) is 0 Å². The molecule has 0 aliphatic carbocycles. The maximum Gasteiger partial charge on any atom is 0.306 e. The van der Waals surface area contributed by atoms with E-state index in [1.54, 1.807) is 0 Å². The van der Waals surface area contributed by atoms with Gasteiger partial charge in [-0.25, -0.2) is 4.68 Å². The second-order valence-corrected chi connectivity index (χ2v) is 13.3. The van der Waals surface area contributed by atoms with E-state index in [-0.39, 0.29) is 42.3 Å². The number of esters is 2. The van der Waals surface area contributed by atoms with Gasteiger partial charge in [-0.05, 0) is 12.8 Å². The lowest BCUT2D eigenvalue weighted by Gasteiger charge is -2.39. The lowest BCUT2D eigenvalue weighted by molar-refractivity contribution is -0.254. The summed E-state index contributed by atoms with van der Waals surface area (Å²) >= 11 is 1.28. The normalized spacial score (nSPS) is 22.2. The number of nitrogens with one attached hydrogen (secondary N) is 1. The summed E-state index contributed by atoms with van der Waals surface area (Å²) in [6.07, 6.45) is 6.55. The standard InChI is InChI=1S/C32H57N5O10S/c1-3-5-7-9-11-13-15-26(39)45-19-22(46-27(40)16-14-12-10-8-6-4-2)20-48-21-23(33)31(44)34-25-17-37(36-35-25)32-30(43)29(42)28(41)24(18-38)47-32/h17,22-24,28-30,32,38,41-43H,3-16,18-21,33H2,1-2H3,(H,34,44)/t22-,23-,24?,28?,29?,30?,32+/m1/s1. The van der Waals surface area contributed by atoms with Crippen molar-refractivity contribution in [2.45, 2.75) is 147 Å². The van der Waals surface area contributed by atoms with Crippen LogP contribution in [0.1, 0.15) is 110 Å². The van der Waals surface area contributed by atoms with E-state index in [9.17, 15) is 34.8 Å². The van der Waals surface area contributed by atoms with Gasteiger partial charge in [0.05, 0.1) is 18.8 Å². The molecule has 15 nitrogen and oxygen atoms in total. The van der Waals surface area contributed by atoms with Crippen LogP contribution in [-0.4, -0.2) is 115 Å². The van der Waals surface area contributed by atoms with E-state index in [0.29, 0.717) is 6.42 Å². The number of amides is 1. The molecule has 7 atom stereocenters. The zero-order chi connectivity index (χ0) is 35.3. The largest absolute Gasteiger partial charge is 0.462 e. The molecule has 276 valence electrons. The highest BCUT2D eigenvalue weighted by molar-refractivity contribution is 7.99. The minimum atomic E-state index is -1.60. The summed E-state index contributed by atoms with van der Waals surface area (Å²) in [6, 6.07) is -0.984. The molecule has 1 aliphatic heterocycles. The molecular formula is C32H57N5O10S. The summed E-state index contributed by atoms with van der Waals surface area (Å²) in [5, 5.41) is 49.9. The van der Waals surface area contributed by atoms with E-state index in [2.05, 4.69) is 29.5 Å². The fraction of sp³-hybridized carbons (Fsp3) is 0.844. The zero-order valence-corrected chi connectivity index (χ0v) is 29.2. The Labute approximate surface area is 287 Å². The Morgan fingerprint density at radius 2 is 1.52 bits per heavy atom. The van der Waals surface area contributed by atoms with Gasteiger partial charge in [-0.2, -0.15) is 11.8 Å². The Balaban J connectivity index is 1.84. The number of anilines is 1. The van der Waals surface area contributed by atoms with Crippen LogP contribution in [0.5, 0.6) is 0 Å². The van der Waals surface area contributed by atoms with Gasteiger partial charge in [0.2, 0.25) is 5.91 Å². The number of ether oxygens (including phenoxy) is 3. The maximum absolute atomic E-state index is 12.8. The summed E-state index contributed by atoms with van der Waals surface area (Å²) < 4.78 is 17.6. The second-order valence-electron chi connectivity index (χ2n) is 12.3. The minimum absolute atomic E-state index is 0.00353. The highest BCUT2D eigenvalue weighted by atomic mass is 32.2. The smallest absolute Gasteiger partial charge is 0.306 e. The van der Waals surface area contributed by atoms with Crippen LogP contribution in [0, 0.1) is 0 Å². The summed E-state index contributed by atoms with van der Waals surface area (Å²) in [7, 11) is 0. The molecule has 2 rings (SSSR count). The van der Waals surface area contributed by atoms with Crippen LogP contribution in [0.2, 0.25) is 0 Å². The molecule has 16 heteroatoms. The van der Waals surface area contributed by atoms with Crippen LogP contribution < -0.4 is 11.1 Å². The van der Waals surface area contributed by atoms with E-state index >= 15 is 0 Å². The molecule has 7 N–H and O–H groups in total. The SMILES string of the molecule is CCCCCCCCC(=O)OC[C@H](CSC[C@@H](N)C(=O)Nc1cn([C@H]2OC(CO)C(O)C(O)C2O)nn1)OC(=O)CCCCCCCC. The fourth-order valence-electron chi connectivity index (χ4n) is 5.10. The molecule has 1 aromatic rings. The van der Waals surface area contributed by atoms with Gasteiger partial charge in [0, 0.05) is 24.3 Å².